The lowest BCUT2D eigenvalue weighted by molar-refractivity contribution is 0.549. The Labute approximate surface area is 107 Å². The molecule has 1 heterocycles. The van der Waals surface area contributed by atoms with Crippen LogP contribution in [-0.2, 0) is 6.54 Å². The molecule has 0 unspecified atom stereocenters. The van der Waals surface area contributed by atoms with Gasteiger partial charge in [0.05, 0.1) is 0 Å². The number of benzene rings is 1. The summed E-state index contributed by atoms with van der Waals surface area (Å²) in [5.41, 5.74) is 1.43. The highest BCUT2D eigenvalue weighted by atomic mass is 19.1. The zero-order valence-corrected chi connectivity index (χ0v) is 10.7. The fourth-order valence-electron chi connectivity index (χ4n) is 1.76. The van der Waals surface area contributed by atoms with Crippen LogP contribution in [0.4, 0.5) is 4.39 Å². The first-order valence-corrected chi connectivity index (χ1v) is 6.16. The molecular weight excluding hydrogens is 229 g/mol. The van der Waals surface area contributed by atoms with Crippen molar-refractivity contribution in [3.8, 4) is 5.69 Å². The van der Waals surface area contributed by atoms with Crippen molar-refractivity contribution in [1.29, 1.82) is 0 Å². The molecule has 0 amide bonds. The van der Waals surface area contributed by atoms with Crippen LogP contribution in [0.3, 0.4) is 0 Å². The van der Waals surface area contributed by atoms with Crippen molar-refractivity contribution in [2.24, 2.45) is 5.92 Å². The molecule has 1 N–H and O–H groups in total. The first-order valence-electron chi connectivity index (χ1n) is 6.16. The number of nitrogens with zero attached hydrogens (tertiary/aromatic N) is 2. The Morgan fingerprint density at radius 1 is 1.39 bits per heavy atom. The number of hydrogen-bond acceptors (Lipinski definition) is 2. The molecular formula is C14H18FN3. The third-order valence-corrected chi connectivity index (χ3v) is 2.65. The SMILES string of the molecule is CC(C)CNCc1ccc(-n2cccn2)c(F)c1. The molecule has 0 aliphatic rings. The quantitative estimate of drug-likeness (QED) is 0.880. The van der Waals surface area contributed by atoms with Gasteiger partial charge in [-0.15, -0.1) is 0 Å². The van der Waals surface area contributed by atoms with Gasteiger partial charge in [0.25, 0.3) is 0 Å². The van der Waals surface area contributed by atoms with Crippen molar-refractivity contribution in [2.45, 2.75) is 20.4 Å². The highest BCUT2D eigenvalue weighted by molar-refractivity contribution is 5.35. The van der Waals surface area contributed by atoms with Crippen LogP contribution in [0.5, 0.6) is 0 Å². The fourth-order valence-corrected chi connectivity index (χ4v) is 1.76. The second-order valence-electron chi connectivity index (χ2n) is 4.76. The molecule has 0 aliphatic heterocycles. The van der Waals surface area contributed by atoms with E-state index < -0.39 is 0 Å². The molecule has 0 atom stereocenters. The highest BCUT2D eigenvalue weighted by Gasteiger charge is 2.05. The van der Waals surface area contributed by atoms with Crippen molar-refractivity contribution in [1.82, 2.24) is 15.1 Å². The van der Waals surface area contributed by atoms with Crippen LogP contribution in [-0.4, -0.2) is 16.3 Å². The first kappa shape index (κ1) is 12.8. The molecule has 1 aromatic carbocycles. The predicted molar refractivity (Wildman–Crippen MR) is 70.1 cm³/mol. The molecule has 0 radical (unpaired) electrons. The van der Waals surface area contributed by atoms with Gasteiger partial charge in [-0.25, -0.2) is 9.07 Å². The number of hydrogen-bond donors (Lipinski definition) is 1. The van der Waals surface area contributed by atoms with E-state index in [4.69, 9.17) is 0 Å². The fraction of sp³-hybridized carbons (Fsp3) is 0.357. The molecule has 2 rings (SSSR count). The van der Waals surface area contributed by atoms with Crippen LogP contribution in [0.15, 0.2) is 36.7 Å². The van der Waals surface area contributed by atoms with E-state index in [0.29, 0.717) is 18.2 Å². The molecule has 0 aliphatic carbocycles. The standard InChI is InChI=1S/C14H18FN3/c1-11(2)9-16-10-12-4-5-14(13(15)8-12)18-7-3-6-17-18/h3-8,11,16H,9-10H2,1-2H3. The minimum absolute atomic E-state index is 0.248. The van der Waals surface area contributed by atoms with Gasteiger partial charge in [0.2, 0.25) is 0 Å². The maximum atomic E-state index is 13.9. The number of nitrogens with one attached hydrogen (secondary N) is 1. The third-order valence-electron chi connectivity index (χ3n) is 2.65. The summed E-state index contributed by atoms with van der Waals surface area (Å²) in [5, 5.41) is 7.32. The largest absolute Gasteiger partial charge is 0.312 e. The van der Waals surface area contributed by atoms with E-state index in [1.165, 1.54) is 4.68 Å². The maximum Gasteiger partial charge on any atom is 0.149 e. The van der Waals surface area contributed by atoms with Crippen molar-refractivity contribution < 1.29 is 4.39 Å². The van der Waals surface area contributed by atoms with Gasteiger partial charge in [-0.05, 0) is 36.2 Å². The van der Waals surface area contributed by atoms with E-state index in [-0.39, 0.29) is 5.82 Å². The minimum atomic E-state index is -0.248. The Kier molecular flexibility index (Phi) is 4.10. The van der Waals surface area contributed by atoms with Crippen molar-refractivity contribution in [2.75, 3.05) is 6.54 Å². The third kappa shape index (κ3) is 3.17. The average molecular weight is 247 g/mol. The molecule has 0 spiro atoms. The molecule has 0 bridgehead atoms. The van der Waals surface area contributed by atoms with Crippen molar-refractivity contribution in [3.05, 3.63) is 48.0 Å². The average Bonchev–Trinajstić information content (AvgIpc) is 2.82. The van der Waals surface area contributed by atoms with Crippen LogP contribution < -0.4 is 5.32 Å². The summed E-state index contributed by atoms with van der Waals surface area (Å²) in [6, 6.07) is 7.02. The Morgan fingerprint density at radius 2 is 2.22 bits per heavy atom. The molecule has 1 aromatic heterocycles. The van der Waals surface area contributed by atoms with Gasteiger partial charge in [-0.2, -0.15) is 5.10 Å². The zero-order chi connectivity index (χ0) is 13.0. The predicted octanol–water partition coefficient (Wildman–Crippen LogP) is 2.76. The second kappa shape index (κ2) is 5.78. The van der Waals surface area contributed by atoms with E-state index in [1.54, 1.807) is 30.6 Å². The van der Waals surface area contributed by atoms with Crippen LogP contribution >= 0.6 is 0 Å². The van der Waals surface area contributed by atoms with Crippen molar-refractivity contribution in [3.63, 3.8) is 0 Å². The zero-order valence-electron chi connectivity index (χ0n) is 10.7. The van der Waals surface area contributed by atoms with Gasteiger partial charge < -0.3 is 5.32 Å². The van der Waals surface area contributed by atoms with Crippen molar-refractivity contribution >= 4 is 0 Å². The Bertz CT molecular complexity index is 492. The summed E-state index contributed by atoms with van der Waals surface area (Å²) in [6.07, 6.45) is 3.37. The highest BCUT2D eigenvalue weighted by Crippen LogP contribution is 2.14. The molecule has 2 aromatic rings. The van der Waals surface area contributed by atoms with Crippen LogP contribution in [0.1, 0.15) is 19.4 Å². The van der Waals surface area contributed by atoms with E-state index in [1.807, 2.05) is 6.07 Å². The number of halogens is 1. The topological polar surface area (TPSA) is 29.9 Å². The Balaban J connectivity index is 2.06. The monoisotopic (exact) mass is 247 g/mol. The summed E-state index contributed by atoms with van der Waals surface area (Å²) in [7, 11) is 0. The summed E-state index contributed by atoms with van der Waals surface area (Å²) in [4.78, 5) is 0. The normalized spacial score (nSPS) is 11.1. The van der Waals surface area contributed by atoms with E-state index in [0.717, 1.165) is 12.1 Å². The lowest BCUT2D eigenvalue weighted by Crippen LogP contribution is -2.19. The van der Waals surface area contributed by atoms with Gasteiger partial charge in [0.15, 0.2) is 0 Å². The lowest BCUT2D eigenvalue weighted by Gasteiger charge is -2.09. The van der Waals surface area contributed by atoms with Gasteiger partial charge in [0, 0.05) is 18.9 Å². The number of rotatable bonds is 5. The number of aromatic nitrogens is 2. The van der Waals surface area contributed by atoms with Crippen LogP contribution in [0, 0.1) is 11.7 Å². The molecule has 3 nitrogen and oxygen atoms in total. The Hall–Kier alpha value is -1.68. The van der Waals surface area contributed by atoms with E-state index in [2.05, 4.69) is 24.3 Å². The van der Waals surface area contributed by atoms with E-state index >= 15 is 0 Å². The molecule has 18 heavy (non-hydrogen) atoms. The summed E-state index contributed by atoms with van der Waals surface area (Å²) >= 11 is 0. The summed E-state index contributed by atoms with van der Waals surface area (Å²) in [5.74, 6) is 0.348. The molecule has 4 heteroatoms. The van der Waals surface area contributed by atoms with Gasteiger partial charge in [-0.1, -0.05) is 19.9 Å². The lowest BCUT2D eigenvalue weighted by atomic mass is 10.1. The summed E-state index contributed by atoms with van der Waals surface area (Å²) < 4.78 is 15.4. The Morgan fingerprint density at radius 3 is 2.83 bits per heavy atom. The maximum absolute atomic E-state index is 13.9. The molecule has 0 saturated carbocycles. The van der Waals surface area contributed by atoms with Gasteiger partial charge in [-0.3, -0.25) is 0 Å². The van der Waals surface area contributed by atoms with Crippen LogP contribution in [0.25, 0.3) is 5.69 Å². The van der Waals surface area contributed by atoms with Gasteiger partial charge >= 0.3 is 0 Å². The van der Waals surface area contributed by atoms with Gasteiger partial charge in [0.1, 0.15) is 11.5 Å². The summed E-state index contributed by atoms with van der Waals surface area (Å²) in [6.45, 7) is 5.92. The molecule has 0 saturated heterocycles. The smallest absolute Gasteiger partial charge is 0.149 e. The first-order chi connectivity index (χ1) is 8.66. The van der Waals surface area contributed by atoms with E-state index in [9.17, 15) is 4.39 Å². The minimum Gasteiger partial charge on any atom is -0.312 e. The molecule has 96 valence electrons. The molecule has 0 fully saturated rings. The van der Waals surface area contributed by atoms with Crippen LogP contribution in [0.2, 0.25) is 0 Å². The second-order valence-corrected chi connectivity index (χ2v) is 4.76.